The van der Waals surface area contributed by atoms with Crippen LogP contribution in [0.1, 0.15) is 25.8 Å². The number of urea groups is 1. The summed E-state index contributed by atoms with van der Waals surface area (Å²) in [5, 5.41) is 14.4. The third-order valence-electron chi connectivity index (χ3n) is 4.66. The van der Waals surface area contributed by atoms with E-state index in [1.54, 1.807) is 13.8 Å². The number of nitrogens with one attached hydrogen (secondary N) is 2. The number of rotatable bonds is 10. The number of hydrogen-bond donors (Lipinski definition) is 3. The highest BCUT2D eigenvalue weighted by Crippen LogP contribution is 2.23. The van der Waals surface area contributed by atoms with Gasteiger partial charge < -0.3 is 20.5 Å². The second kappa shape index (κ2) is 12.0. The average molecular weight is 447 g/mol. The standard InChI is InChI=1S/C23H27ClN2O5/c1-3-31-22(29)15(2)11-20(26-23(30)25-14-21(27)28)12-16-7-9-17(10-8-16)18-5-4-6-19(24)13-18/h4-10,13,15,20H,3,11-12,14H2,1-2H3,(H,27,28)(H2,25,26,30)/t15-,20?/m1/s1. The fraction of sp³-hybridized carbons (Fsp3) is 0.348. The van der Waals surface area contributed by atoms with Crippen molar-refractivity contribution in [2.75, 3.05) is 13.2 Å². The van der Waals surface area contributed by atoms with Crippen LogP contribution in [0.15, 0.2) is 48.5 Å². The largest absolute Gasteiger partial charge is 0.480 e. The lowest BCUT2D eigenvalue weighted by Crippen LogP contribution is -2.45. The van der Waals surface area contributed by atoms with Crippen LogP contribution in [-0.2, 0) is 20.7 Å². The molecule has 1 unspecified atom stereocenters. The molecule has 2 aromatic rings. The van der Waals surface area contributed by atoms with Gasteiger partial charge in [0.05, 0.1) is 12.5 Å². The molecule has 8 heteroatoms. The van der Waals surface area contributed by atoms with Crippen molar-refractivity contribution in [2.45, 2.75) is 32.7 Å². The van der Waals surface area contributed by atoms with Crippen LogP contribution in [0, 0.1) is 5.92 Å². The summed E-state index contributed by atoms with van der Waals surface area (Å²) in [4.78, 5) is 34.8. The van der Waals surface area contributed by atoms with Crippen LogP contribution in [0.25, 0.3) is 11.1 Å². The molecule has 2 rings (SSSR count). The van der Waals surface area contributed by atoms with E-state index in [1.165, 1.54) is 0 Å². The van der Waals surface area contributed by atoms with Gasteiger partial charge in [-0.25, -0.2) is 4.79 Å². The molecule has 0 aliphatic rings. The second-order valence-corrected chi connectivity index (χ2v) is 7.65. The van der Waals surface area contributed by atoms with Gasteiger partial charge in [0, 0.05) is 11.1 Å². The van der Waals surface area contributed by atoms with Crippen molar-refractivity contribution in [3.63, 3.8) is 0 Å². The molecule has 0 heterocycles. The first kappa shape index (κ1) is 24.2. The highest BCUT2D eigenvalue weighted by molar-refractivity contribution is 6.30. The third kappa shape index (κ3) is 8.30. The molecule has 0 aliphatic heterocycles. The quantitative estimate of drug-likeness (QED) is 0.480. The average Bonchev–Trinajstić information content (AvgIpc) is 2.73. The summed E-state index contributed by atoms with van der Waals surface area (Å²) in [6, 6.07) is 14.4. The van der Waals surface area contributed by atoms with Crippen molar-refractivity contribution in [3.05, 3.63) is 59.1 Å². The second-order valence-electron chi connectivity index (χ2n) is 7.22. The maximum absolute atomic E-state index is 12.1. The molecule has 0 spiro atoms. The predicted molar refractivity (Wildman–Crippen MR) is 119 cm³/mol. The van der Waals surface area contributed by atoms with Crippen molar-refractivity contribution in [2.24, 2.45) is 5.92 Å². The Kier molecular flexibility index (Phi) is 9.34. The minimum absolute atomic E-state index is 0.283. The molecule has 31 heavy (non-hydrogen) atoms. The highest BCUT2D eigenvalue weighted by atomic mass is 35.5. The Hall–Kier alpha value is -3.06. The normalized spacial score (nSPS) is 12.5. The Morgan fingerprint density at radius 2 is 1.81 bits per heavy atom. The van der Waals surface area contributed by atoms with Gasteiger partial charge in [0.2, 0.25) is 0 Å². The Labute approximate surface area is 186 Å². The first-order chi connectivity index (χ1) is 14.8. The van der Waals surface area contributed by atoms with Crippen LogP contribution in [0.4, 0.5) is 4.79 Å². The molecule has 7 nitrogen and oxygen atoms in total. The molecular formula is C23H27ClN2O5. The molecule has 2 atom stereocenters. The topological polar surface area (TPSA) is 105 Å². The number of hydrogen-bond acceptors (Lipinski definition) is 4. The van der Waals surface area contributed by atoms with Gasteiger partial charge in [-0.1, -0.05) is 54.9 Å². The van der Waals surface area contributed by atoms with Crippen molar-refractivity contribution in [3.8, 4) is 11.1 Å². The Balaban J connectivity index is 2.10. The van der Waals surface area contributed by atoms with Gasteiger partial charge in [-0.2, -0.15) is 0 Å². The van der Waals surface area contributed by atoms with E-state index in [9.17, 15) is 14.4 Å². The maximum Gasteiger partial charge on any atom is 0.323 e. The minimum Gasteiger partial charge on any atom is -0.480 e. The van der Waals surface area contributed by atoms with Crippen molar-refractivity contribution >= 4 is 29.6 Å². The number of ether oxygens (including phenoxy) is 1. The van der Waals surface area contributed by atoms with Crippen LogP contribution in [0.3, 0.4) is 0 Å². The molecule has 0 radical (unpaired) electrons. The van der Waals surface area contributed by atoms with Crippen LogP contribution in [0.2, 0.25) is 5.02 Å². The Morgan fingerprint density at radius 3 is 2.42 bits per heavy atom. The lowest BCUT2D eigenvalue weighted by Gasteiger charge is -2.22. The summed E-state index contributed by atoms with van der Waals surface area (Å²) < 4.78 is 5.06. The van der Waals surface area contributed by atoms with Gasteiger partial charge in [0.15, 0.2) is 0 Å². The number of halogens is 1. The van der Waals surface area contributed by atoms with E-state index in [1.807, 2.05) is 48.5 Å². The van der Waals surface area contributed by atoms with Gasteiger partial charge in [-0.05, 0) is 48.6 Å². The summed E-state index contributed by atoms with van der Waals surface area (Å²) in [7, 11) is 0. The number of carboxylic acid groups (broad SMARTS) is 1. The number of carbonyl (C=O) groups excluding carboxylic acids is 2. The zero-order valence-corrected chi connectivity index (χ0v) is 18.3. The van der Waals surface area contributed by atoms with E-state index in [0.29, 0.717) is 17.9 Å². The number of benzene rings is 2. The zero-order valence-electron chi connectivity index (χ0n) is 17.6. The molecular weight excluding hydrogens is 420 g/mol. The molecule has 2 amide bonds. The lowest BCUT2D eigenvalue weighted by atomic mass is 9.95. The third-order valence-corrected chi connectivity index (χ3v) is 4.89. The summed E-state index contributed by atoms with van der Waals surface area (Å²) in [5.74, 6) is -1.89. The van der Waals surface area contributed by atoms with Gasteiger partial charge in [0.1, 0.15) is 6.54 Å². The van der Waals surface area contributed by atoms with Gasteiger partial charge in [-0.15, -0.1) is 0 Å². The Morgan fingerprint density at radius 1 is 1.10 bits per heavy atom. The molecule has 0 aromatic heterocycles. The van der Waals surface area contributed by atoms with E-state index in [-0.39, 0.29) is 18.6 Å². The van der Waals surface area contributed by atoms with Gasteiger partial charge in [-0.3, -0.25) is 9.59 Å². The number of carbonyl (C=O) groups is 3. The highest BCUT2D eigenvalue weighted by Gasteiger charge is 2.22. The first-order valence-corrected chi connectivity index (χ1v) is 10.4. The number of carboxylic acids is 1. The van der Waals surface area contributed by atoms with Crippen LogP contribution < -0.4 is 10.6 Å². The summed E-state index contributed by atoms with van der Waals surface area (Å²) >= 11 is 6.06. The van der Waals surface area contributed by atoms with Crippen LogP contribution in [0.5, 0.6) is 0 Å². The summed E-state index contributed by atoms with van der Waals surface area (Å²) in [5.41, 5.74) is 2.97. The van der Waals surface area contributed by atoms with Crippen LogP contribution in [-0.4, -0.2) is 42.3 Å². The fourth-order valence-corrected chi connectivity index (χ4v) is 3.37. The van der Waals surface area contributed by atoms with Crippen molar-refractivity contribution in [1.82, 2.24) is 10.6 Å². The molecule has 0 fully saturated rings. The molecule has 0 aliphatic carbocycles. The van der Waals surface area contributed by atoms with Gasteiger partial charge in [0.25, 0.3) is 0 Å². The SMILES string of the molecule is CCOC(=O)[C@H](C)CC(Cc1ccc(-c2cccc(Cl)c2)cc1)NC(=O)NCC(=O)O. The maximum atomic E-state index is 12.1. The van der Waals surface area contributed by atoms with Crippen molar-refractivity contribution < 1.29 is 24.2 Å². The summed E-state index contributed by atoms with van der Waals surface area (Å²) in [6.45, 7) is 3.27. The number of esters is 1. The molecule has 0 saturated heterocycles. The molecule has 0 bridgehead atoms. The monoisotopic (exact) mass is 446 g/mol. The van der Waals surface area contributed by atoms with E-state index in [0.717, 1.165) is 16.7 Å². The number of amides is 2. The Bertz CT molecular complexity index is 901. The zero-order chi connectivity index (χ0) is 22.8. The lowest BCUT2D eigenvalue weighted by molar-refractivity contribution is -0.147. The molecule has 166 valence electrons. The molecule has 0 saturated carbocycles. The molecule has 2 aromatic carbocycles. The van der Waals surface area contributed by atoms with Crippen LogP contribution >= 0.6 is 11.6 Å². The van der Waals surface area contributed by atoms with Gasteiger partial charge >= 0.3 is 18.0 Å². The van der Waals surface area contributed by atoms with E-state index >= 15 is 0 Å². The van der Waals surface area contributed by atoms with E-state index < -0.39 is 24.5 Å². The minimum atomic E-state index is -1.14. The van der Waals surface area contributed by atoms with E-state index in [4.69, 9.17) is 21.4 Å². The van der Waals surface area contributed by atoms with E-state index in [2.05, 4.69) is 10.6 Å². The summed E-state index contributed by atoms with van der Waals surface area (Å²) in [6.07, 6.45) is 0.829. The molecule has 3 N–H and O–H groups in total. The smallest absolute Gasteiger partial charge is 0.323 e. The van der Waals surface area contributed by atoms with Crippen molar-refractivity contribution in [1.29, 1.82) is 0 Å². The fourth-order valence-electron chi connectivity index (χ4n) is 3.18. The predicted octanol–water partition coefficient (Wildman–Crippen LogP) is 3.89. The number of aliphatic carboxylic acids is 1. The first-order valence-electron chi connectivity index (χ1n) is 10.1.